The van der Waals surface area contributed by atoms with Gasteiger partial charge < -0.3 is 15.2 Å². The molecular formula is C24H19F4N5O4. The molecule has 0 aliphatic carbocycles. The van der Waals surface area contributed by atoms with Crippen molar-refractivity contribution in [3.8, 4) is 11.4 Å². The summed E-state index contributed by atoms with van der Waals surface area (Å²) in [6.07, 6.45) is -2.94. The number of hydrogen-bond donors (Lipinski definition) is 1. The van der Waals surface area contributed by atoms with Crippen LogP contribution in [0.2, 0.25) is 0 Å². The average molecular weight is 517 g/mol. The van der Waals surface area contributed by atoms with Crippen LogP contribution < -0.4 is 20.8 Å². The van der Waals surface area contributed by atoms with Crippen LogP contribution in [0.1, 0.15) is 12.6 Å². The van der Waals surface area contributed by atoms with Crippen LogP contribution in [-0.2, 0) is 4.74 Å². The molecule has 192 valence electrons. The standard InChI is InChI=1S/C24H19F4N5O4/c1-14(29)11-19(30-15-3-2-4-17(12-15)37-24(26,27)28)22-21(34)7-8-33(31-22)20-6-5-16(13-18(20)25)32-9-10-36-23(32)35/h2-8,11-13H,9-10,29H2,1H3. The largest absolute Gasteiger partial charge is 0.573 e. The number of benzene rings is 2. The zero-order valence-electron chi connectivity index (χ0n) is 19.2. The molecular weight excluding hydrogens is 498 g/mol. The Morgan fingerprint density at radius 2 is 1.97 bits per heavy atom. The third-order valence-electron chi connectivity index (χ3n) is 4.97. The van der Waals surface area contributed by atoms with E-state index >= 15 is 4.39 Å². The number of amides is 1. The maximum absolute atomic E-state index is 15.0. The first kappa shape index (κ1) is 25.4. The number of anilines is 1. The van der Waals surface area contributed by atoms with Crippen molar-refractivity contribution in [1.82, 2.24) is 9.78 Å². The maximum Gasteiger partial charge on any atom is 0.573 e. The van der Waals surface area contributed by atoms with Gasteiger partial charge in [0.25, 0.3) is 0 Å². The lowest BCUT2D eigenvalue weighted by molar-refractivity contribution is -0.274. The zero-order valence-corrected chi connectivity index (χ0v) is 19.2. The summed E-state index contributed by atoms with van der Waals surface area (Å²) in [6, 6.07) is 9.94. The van der Waals surface area contributed by atoms with Crippen molar-refractivity contribution in [3.05, 3.63) is 88.2 Å². The number of cyclic esters (lactones) is 1. The van der Waals surface area contributed by atoms with Crippen molar-refractivity contribution in [2.45, 2.75) is 13.3 Å². The minimum absolute atomic E-state index is 0.0267. The number of halogens is 4. The van der Waals surface area contributed by atoms with Gasteiger partial charge in [-0.15, -0.1) is 13.2 Å². The molecule has 0 spiro atoms. The van der Waals surface area contributed by atoms with E-state index in [1.54, 1.807) is 0 Å². The van der Waals surface area contributed by atoms with Crippen LogP contribution in [0, 0.1) is 5.82 Å². The topological polar surface area (TPSA) is 112 Å². The normalized spacial score (nSPS) is 14.6. The fraction of sp³-hybridized carbons (Fsp3) is 0.167. The van der Waals surface area contributed by atoms with Crippen LogP contribution in [0.4, 0.5) is 33.7 Å². The first-order valence-corrected chi connectivity index (χ1v) is 10.7. The third-order valence-corrected chi connectivity index (χ3v) is 4.97. The summed E-state index contributed by atoms with van der Waals surface area (Å²) in [4.78, 5) is 29.9. The molecule has 4 rings (SSSR count). The number of hydrogen-bond acceptors (Lipinski definition) is 7. The molecule has 2 N–H and O–H groups in total. The molecule has 9 nitrogen and oxygen atoms in total. The van der Waals surface area contributed by atoms with Crippen molar-refractivity contribution < 1.29 is 31.8 Å². The van der Waals surface area contributed by atoms with Crippen molar-refractivity contribution >= 4 is 23.2 Å². The minimum atomic E-state index is -4.90. The second-order valence-electron chi connectivity index (χ2n) is 7.81. The Morgan fingerprint density at radius 3 is 2.62 bits per heavy atom. The van der Waals surface area contributed by atoms with Crippen LogP contribution in [0.25, 0.3) is 5.69 Å². The summed E-state index contributed by atoms with van der Waals surface area (Å²) >= 11 is 0. The van der Waals surface area contributed by atoms with E-state index in [4.69, 9.17) is 10.5 Å². The van der Waals surface area contributed by atoms with Gasteiger partial charge in [-0.2, -0.15) is 5.10 Å². The Morgan fingerprint density at radius 1 is 1.19 bits per heavy atom. The fourth-order valence-electron chi connectivity index (χ4n) is 3.46. The van der Waals surface area contributed by atoms with Gasteiger partial charge in [-0.1, -0.05) is 6.07 Å². The highest BCUT2D eigenvalue weighted by atomic mass is 19.4. The molecule has 37 heavy (non-hydrogen) atoms. The number of rotatable bonds is 6. The van der Waals surface area contributed by atoms with Gasteiger partial charge in [0.05, 0.1) is 23.6 Å². The van der Waals surface area contributed by atoms with Crippen LogP contribution in [0.15, 0.2) is 76.3 Å². The Bertz CT molecular complexity index is 1460. The molecule has 0 saturated carbocycles. The molecule has 0 radical (unpaired) electrons. The molecule has 0 atom stereocenters. The Hall–Kier alpha value is -4.68. The summed E-state index contributed by atoms with van der Waals surface area (Å²) in [5, 5.41) is 4.19. The molecule has 13 heteroatoms. The van der Waals surface area contributed by atoms with Crippen LogP contribution in [-0.4, -0.2) is 41.1 Å². The second-order valence-corrected chi connectivity index (χ2v) is 7.81. The lowest BCUT2D eigenvalue weighted by atomic mass is 10.2. The third kappa shape index (κ3) is 6.12. The summed E-state index contributed by atoms with van der Waals surface area (Å²) in [7, 11) is 0. The summed E-state index contributed by atoms with van der Waals surface area (Å²) in [5.74, 6) is -1.25. The summed E-state index contributed by atoms with van der Waals surface area (Å²) in [6.45, 7) is 1.98. The average Bonchev–Trinajstić information content (AvgIpc) is 3.24. The Balaban J connectivity index is 1.74. The highest BCUT2D eigenvalue weighted by Gasteiger charge is 2.31. The van der Waals surface area contributed by atoms with Gasteiger partial charge in [-0.25, -0.2) is 18.9 Å². The van der Waals surface area contributed by atoms with E-state index < -0.39 is 29.5 Å². The molecule has 1 aliphatic heterocycles. The number of nitrogens with two attached hydrogens (primary N) is 1. The van der Waals surface area contributed by atoms with Gasteiger partial charge >= 0.3 is 12.5 Å². The van der Waals surface area contributed by atoms with Crippen molar-refractivity contribution in [2.75, 3.05) is 18.1 Å². The van der Waals surface area contributed by atoms with Crippen LogP contribution in [0.3, 0.4) is 0 Å². The van der Waals surface area contributed by atoms with Gasteiger partial charge in [-0.05, 0) is 43.3 Å². The van der Waals surface area contributed by atoms with Crippen molar-refractivity contribution in [2.24, 2.45) is 10.7 Å². The van der Waals surface area contributed by atoms with Gasteiger partial charge in [0.1, 0.15) is 18.0 Å². The fourth-order valence-corrected chi connectivity index (χ4v) is 3.46. The lowest BCUT2D eigenvalue weighted by Gasteiger charge is -2.15. The quantitative estimate of drug-likeness (QED) is 0.387. The first-order chi connectivity index (χ1) is 17.5. The molecule has 1 saturated heterocycles. The van der Waals surface area contributed by atoms with E-state index in [-0.39, 0.29) is 47.3 Å². The van der Waals surface area contributed by atoms with Gasteiger partial charge in [0.2, 0.25) is 5.43 Å². The zero-order chi connectivity index (χ0) is 26.7. The molecule has 0 unspecified atom stereocenters. The smallest absolute Gasteiger partial charge is 0.447 e. The summed E-state index contributed by atoms with van der Waals surface area (Å²) < 4.78 is 62.7. The number of alkyl halides is 3. The van der Waals surface area contributed by atoms with Crippen LogP contribution in [0.5, 0.6) is 5.75 Å². The van der Waals surface area contributed by atoms with Crippen molar-refractivity contribution in [3.63, 3.8) is 0 Å². The Labute approximate surface area is 207 Å². The second kappa shape index (κ2) is 10.1. The number of aliphatic imine (C=N–C) groups is 1. The molecule has 3 aromatic rings. The van der Waals surface area contributed by atoms with E-state index in [1.807, 2.05) is 0 Å². The number of aromatic nitrogens is 2. The van der Waals surface area contributed by atoms with E-state index in [1.165, 1.54) is 48.4 Å². The van der Waals surface area contributed by atoms with Crippen LogP contribution >= 0.6 is 0 Å². The van der Waals surface area contributed by atoms with E-state index in [2.05, 4.69) is 14.8 Å². The van der Waals surface area contributed by atoms with E-state index in [0.29, 0.717) is 0 Å². The molecule has 2 heterocycles. The number of nitrogens with zero attached hydrogens (tertiary/aromatic N) is 4. The first-order valence-electron chi connectivity index (χ1n) is 10.7. The highest BCUT2D eigenvalue weighted by molar-refractivity contribution is 6.08. The van der Waals surface area contributed by atoms with Gasteiger partial charge in [0, 0.05) is 24.0 Å². The highest BCUT2D eigenvalue weighted by Crippen LogP contribution is 2.27. The molecule has 1 amide bonds. The maximum atomic E-state index is 15.0. The number of carbonyl (C=O) groups is 1. The number of ether oxygens (including phenoxy) is 2. The van der Waals surface area contributed by atoms with Gasteiger partial charge in [-0.3, -0.25) is 9.69 Å². The predicted molar refractivity (Wildman–Crippen MR) is 126 cm³/mol. The number of allylic oxidation sites excluding steroid dienone is 2. The molecule has 0 bridgehead atoms. The molecule has 1 fully saturated rings. The SMILES string of the molecule is CC(N)=CC(=Nc1cccc(OC(F)(F)F)c1)c1nn(-c2ccc(N3CCOC3=O)cc2F)ccc1=O. The lowest BCUT2D eigenvalue weighted by Crippen LogP contribution is -2.24. The number of carbonyl (C=O) groups excluding carboxylic acids is 1. The van der Waals surface area contributed by atoms with Crippen molar-refractivity contribution in [1.29, 1.82) is 0 Å². The van der Waals surface area contributed by atoms with E-state index in [9.17, 15) is 22.8 Å². The molecule has 2 aromatic carbocycles. The minimum Gasteiger partial charge on any atom is -0.447 e. The predicted octanol–water partition coefficient (Wildman–Crippen LogP) is 4.21. The van der Waals surface area contributed by atoms with Gasteiger partial charge in [0.15, 0.2) is 11.5 Å². The summed E-state index contributed by atoms with van der Waals surface area (Å²) in [5.41, 5.74) is 5.39. The molecule has 1 aromatic heterocycles. The monoisotopic (exact) mass is 517 g/mol. The molecule has 1 aliphatic rings. The van der Waals surface area contributed by atoms with E-state index in [0.717, 1.165) is 28.9 Å². The Kier molecular flexibility index (Phi) is 6.96.